The van der Waals surface area contributed by atoms with E-state index in [1.54, 1.807) is 19.5 Å². The number of hydrogen-bond acceptors (Lipinski definition) is 4. The lowest BCUT2D eigenvalue weighted by Gasteiger charge is -1.91. The molecule has 60 valence electrons. The number of nitrogens with one attached hydrogen (secondary N) is 2. The van der Waals surface area contributed by atoms with Crippen molar-refractivity contribution in [3.63, 3.8) is 0 Å². The summed E-state index contributed by atoms with van der Waals surface area (Å²) >= 11 is 1.41. The van der Waals surface area contributed by atoms with E-state index in [0.717, 1.165) is 5.13 Å². The molecule has 4 nitrogen and oxygen atoms in total. The van der Waals surface area contributed by atoms with Crippen LogP contribution in [0.15, 0.2) is 5.38 Å². The molecule has 1 aromatic rings. The highest BCUT2D eigenvalue weighted by atomic mass is 32.1. The zero-order valence-electron chi connectivity index (χ0n) is 6.34. The molecule has 1 heterocycles. The van der Waals surface area contributed by atoms with Crippen molar-refractivity contribution in [1.82, 2.24) is 10.3 Å². The average molecular weight is 171 g/mol. The molecule has 1 aromatic heterocycles. The zero-order chi connectivity index (χ0) is 8.27. The van der Waals surface area contributed by atoms with Gasteiger partial charge >= 0.3 is 0 Å². The van der Waals surface area contributed by atoms with Crippen molar-refractivity contribution in [2.24, 2.45) is 0 Å². The molecular weight excluding hydrogens is 162 g/mol. The molecule has 0 bridgehead atoms. The molecule has 11 heavy (non-hydrogen) atoms. The Morgan fingerprint density at radius 3 is 2.82 bits per heavy atom. The Hall–Kier alpha value is -1.10. The van der Waals surface area contributed by atoms with Crippen LogP contribution in [0.5, 0.6) is 0 Å². The van der Waals surface area contributed by atoms with Gasteiger partial charge in [-0.3, -0.25) is 4.79 Å². The van der Waals surface area contributed by atoms with Gasteiger partial charge in [-0.2, -0.15) is 0 Å². The highest BCUT2D eigenvalue weighted by Gasteiger charge is 2.06. The second kappa shape index (κ2) is 3.34. The van der Waals surface area contributed by atoms with Gasteiger partial charge in [0.25, 0.3) is 5.91 Å². The van der Waals surface area contributed by atoms with Crippen molar-refractivity contribution in [2.45, 2.75) is 0 Å². The van der Waals surface area contributed by atoms with Gasteiger partial charge in [0, 0.05) is 19.5 Å². The Kier molecular flexibility index (Phi) is 2.43. The molecule has 0 aromatic carbocycles. The number of thiazole rings is 1. The third-order valence-electron chi connectivity index (χ3n) is 1.18. The number of aromatic nitrogens is 1. The van der Waals surface area contributed by atoms with E-state index in [-0.39, 0.29) is 5.91 Å². The fourth-order valence-electron chi connectivity index (χ4n) is 0.621. The van der Waals surface area contributed by atoms with Crippen LogP contribution >= 0.6 is 11.3 Å². The summed E-state index contributed by atoms with van der Waals surface area (Å²) in [4.78, 5) is 14.9. The van der Waals surface area contributed by atoms with Gasteiger partial charge in [-0.1, -0.05) is 0 Å². The Morgan fingerprint density at radius 1 is 1.64 bits per heavy atom. The van der Waals surface area contributed by atoms with Crippen LogP contribution in [0.1, 0.15) is 10.5 Å². The van der Waals surface area contributed by atoms with E-state index in [0.29, 0.717) is 5.69 Å². The molecular formula is C6H9N3OS. The second-order valence-electron chi connectivity index (χ2n) is 1.87. The summed E-state index contributed by atoms with van der Waals surface area (Å²) in [6.07, 6.45) is 0. The summed E-state index contributed by atoms with van der Waals surface area (Å²) in [5.74, 6) is -0.150. The summed E-state index contributed by atoms with van der Waals surface area (Å²) in [5, 5.41) is 7.82. The largest absolute Gasteiger partial charge is 0.365 e. The first-order chi connectivity index (χ1) is 5.27. The van der Waals surface area contributed by atoms with Crippen LogP contribution < -0.4 is 10.6 Å². The van der Waals surface area contributed by atoms with E-state index >= 15 is 0 Å². The van der Waals surface area contributed by atoms with Gasteiger partial charge in [-0.25, -0.2) is 4.98 Å². The van der Waals surface area contributed by atoms with Gasteiger partial charge in [-0.15, -0.1) is 11.3 Å². The van der Waals surface area contributed by atoms with Crippen LogP contribution in [-0.4, -0.2) is 25.0 Å². The number of rotatable bonds is 2. The summed E-state index contributed by atoms with van der Waals surface area (Å²) in [6.45, 7) is 0. The van der Waals surface area contributed by atoms with Crippen LogP contribution in [0.3, 0.4) is 0 Å². The molecule has 1 amide bonds. The van der Waals surface area contributed by atoms with Gasteiger partial charge in [0.05, 0.1) is 0 Å². The van der Waals surface area contributed by atoms with Gasteiger partial charge in [-0.05, 0) is 0 Å². The summed E-state index contributed by atoms with van der Waals surface area (Å²) in [5.41, 5.74) is 0.460. The highest BCUT2D eigenvalue weighted by Crippen LogP contribution is 2.13. The first-order valence-corrected chi connectivity index (χ1v) is 4.01. The second-order valence-corrected chi connectivity index (χ2v) is 2.73. The molecule has 0 unspecified atom stereocenters. The molecule has 0 saturated heterocycles. The van der Waals surface area contributed by atoms with Crippen molar-refractivity contribution in [3.05, 3.63) is 11.1 Å². The molecule has 0 aliphatic carbocycles. The molecule has 0 spiro atoms. The SMILES string of the molecule is CNC(=O)c1csc(NC)n1. The Bertz CT molecular complexity index is 258. The number of carbonyl (C=O) groups is 1. The zero-order valence-corrected chi connectivity index (χ0v) is 7.16. The molecule has 0 radical (unpaired) electrons. The lowest BCUT2D eigenvalue weighted by Crippen LogP contribution is -2.17. The van der Waals surface area contributed by atoms with Crippen LogP contribution in [-0.2, 0) is 0 Å². The first-order valence-electron chi connectivity index (χ1n) is 3.13. The van der Waals surface area contributed by atoms with Crippen LogP contribution in [0.25, 0.3) is 0 Å². The van der Waals surface area contributed by atoms with Gasteiger partial charge in [0.15, 0.2) is 5.13 Å². The first kappa shape index (κ1) is 8.00. The van der Waals surface area contributed by atoms with Gasteiger partial charge in [0.2, 0.25) is 0 Å². The molecule has 0 aliphatic rings. The van der Waals surface area contributed by atoms with E-state index in [9.17, 15) is 4.79 Å². The highest BCUT2D eigenvalue weighted by molar-refractivity contribution is 7.13. The third-order valence-corrected chi connectivity index (χ3v) is 2.04. The predicted molar refractivity (Wildman–Crippen MR) is 45.1 cm³/mol. The minimum Gasteiger partial charge on any atom is -0.365 e. The summed E-state index contributed by atoms with van der Waals surface area (Å²) in [7, 11) is 3.35. The normalized spacial score (nSPS) is 9.27. The number of carbonyl (C=O) groups excluding carboxylic acids is 1. The van der Waals surface area contributed by atoms with E-state index in [2.05, 4.69) is 15.6 Å². The average Bonchev–Trinajstić information content (AvgIpc) is 2.50. The van der Waals surface area contributed by atoms with Crippen molar-refractivity contribution >= 4 is 22.4 Å². The third kappa shape index (κ3) is 1.68. The monoisotopic (exact) mass is 171 g/mol. The number of amides is 1. The minimum atomic E-state index is -0.150. The van der Waals surface area contributed by atoms with Gasteiger partial charge in [0.1, 0.15) is 5.69 Å². The lowest BCUT2D eigenvalue weighted by molar-refractivity contribution is 0.0959. The molecule has 0 saturated carbocycles. The molecule has 2 N–H and O–H groups in total. The van der Waals surface area contributed by atoms with Crippen LogP contribution in [0.2, 0.25) is 0 Å². The van der Waals surface area contributed by atoms with Crippen LogP contribution in [0, 0.1) is 0 Å². The molecule has 0 aliphatic heterocycles. The standard InChI is InChI=1S/C6H9N3OS/c1-7-5(10)4-3-11-6(8-2)9-4/h3H,1-2H3,(H,7,10)(H,8,9). The fraction of sp³-hybridized carbons (Fsp3) is 0.333. The lowest BCUT2D eigenvalue weighted by atomic mass is 10.5. The number of hydrogen-bond donors (Lipinski definition) is 2. The molecule has 1 rings (SSSR count). The molecule has 0 fully saturated rings. The Balaban J connectivity index is 2.80. The molecule has 5 heteroatoms. The smallest absolute Gasteiger partial charge is 0.270 e. The maximum atomic E-state index is 10.9. The van der Waals surface area contributed by atoms with E-state index in [4.69, 9.17) is 0 Å². The maximum absolute atomic E-state index is 10.9. The predicted octanol–water partition coefficient (Wildman–Crippen LogP) is 0.544. The quantitative estimate of drug-likeness (QED) is 0.683. The summed E-state index contributed by atoms with van der Waals surface area (Å²) < 4.78 is 0. The van der Waals surface area contributed by atoms with Crippen molar-refractivity contribution in [3.8, 4) is 0 Å². The Morgan fingerprint density at radius 2 is 2.36 bits per heavy atom. The van der Waals surface area contributed by atoms with Crippen molar-refractivity contribution in [2.75, 3.05) is 19.4 Å². The van der Waals surface area contributed by atoms with Crippen LogP contribution in [0.4, 0.5) is 5.13 Å². The van der Waals surface area contributed by atoms with E-state index in [1.165, 1.54) is 11.3 Å². The van der Waals surface area contributed by atoms with Crippen molar-refractivity contribution in [1.29, 1.82) is 0 Å². The van der Waals surface area contributed by atoms with Gasteiger partial charge < -0.3 is 10.6 Å². The van der Waals surface area contributed by atoms with E-state index < -0.39 is 0 Å². The number of anilines is 1. The minimum absolute atomic E-state index is 0.150. The molecule has 0 atom stereocenters. The maximum Gasteiger partial charge on any atom is 0.270 e. The van der Waals surface area contributed by atoms with E-state index in [1.807, 2.05) is 0 Å². The number of nitrogens with zero attached hydrogens (tertiary/aromatic N) is 1. The van der Waals surface area contributed by atoms with Crippen molar-refractivity contribution < 1.29 is 4.79 Å². The topological polar surface area (TPSA) is 54.0 Å². The summed E-state index contributed by atoms with van der Waals surface area (Å²) in [6, 6.07) is 0. The fourth-order valence-corrected chi connectivity index (χ4v) is 1.27. The Labute approximate surface area is 68.6 Å².